The lowest BCUT2D eigenvalue weighted by atomic mass is 9.86. The first kappa shape index (κ1) is 17.0. The highest BCUT2D eigenvalue weighted by Crippen LogP contribution is 2.28. The van der Waals surface area contributed by atoms with Crippen molar-refractivity contribution in [2.45, 2.75) is 58.7 Å². The molecule has 1 saturated heterocycles. The van der Waals surface area contributed by atoms with E-state index < -0.39 is 0 Å². The van der Waals surface area contributed by atoms with Gasteiger partial charge in [-0.3, -0.25) is 4.90 Å². The second kappa shape index (κ2) is 7.26. The number of piperazine rings is 1. The van der Waals surface area contributed by atoms with Gasteiger partial charge >= 0.3 is 0 Å². The molecule has 0 aromatic heterocycles. The number of hydrogen-bond acceptors (Lipinski definition) is 2. The summed E-state index contributed by atoms with van der Waals surface area (Å²) in [4.78, 5) is 2.69. The Morgan fingerprint density at radius 1 is 1.29 bits per heavy atom. The zero-order chi connectivity index (χ0) is 15.5. The van der Waals surface area contributed by atoms with E-state index >= 15 is 0 Å². The van der Waals surface area contributed by atoms with Gasteiger partial charge in [0.25, 0.3) is 0 Å². The number of benzene rings is 1. The largest absolute Gasteiger partial charge is 0.308 e. The molecule has 0 amide bonds. The molecule has 2 rings (SSSR count). The zero-order valence-corrected chi connectivity index (χ0v) is 15.4. The predicted molar refractivity (Wildman–Crippen MR) is 94.5 cm³/mol. The molecule has 3 heteroatoms. The first-order valence-corrected chi connectivity index (χ1v) is 9.03. The normalized spacial score (nSPS) is 22.7. The van der Waals surface area contributed by atoms with Gasteiger partial charge in [0.15, 0.2) is 0 Å². The molecule has 1 unspecified atom stereocenters. The minimum atomic E-state index is 0.284. The maximum atomic E-state index is 3.84. The topological polar surface area (TPSA) is 15.3 Å². The van der Waals surface area contributed by atoms with Crippen molar-refractivity contribution in [2.75, 3.05) is 13.1 Å². The molecule has 0 radical (unpaired) electrons. The van der Waals surface area contributed by atoms with Crippen molar-refractivity contribution in [3.63, 3.8) is 0 Å². The molecule has 0 aliphatic carbocycles. The van der Waals surface area contributed by atoms with Crippen LogP contribution in [0.3, 0.4) is 0 Å². The maximum Gasteiger partial charge on any atom is 0.0304 e. The van der Waals surface area contributed by atoms with Crippen molar-refractivity contribution in [1.82, 2.24) is 10.2 Å². The summed E-state index contributed by atoms with van der Waals surface area (Å²) in [6.07, 6.45) is 2.39. The summed E-state index contributed by atoms with van der Waals surface area (Å²) in [7, 11) is 0. The maximum absolute atomic E-state index is 3.84. The summed E-state index contributed by atoms with van der Waals surface area (Å²) in [5.41, 5.74) is 1.68. The molecule has 1 aliphatic rings. The van der Waals surface area contributed by atoms with E-state index in [4.69, 9.17) is 0 Å². The molecule has 1 fully saturated rings. The van der Waals surface area contributed by atoms with Gasteiger partial charge in [0, 0.05) is 35.7 Å². The van der Waals surface area contributed by atoms with E-state index in [9.17, 15) is 0 Å². The number of nitrogens with zero attached hydrogens (tertiary/aromatic N) is 1. The number of nitrogens with one attached hydrogen (secondary N) is 1. The van der Waals surface area contributed by atoms with E-state index in [-0.39, 0.29) is 5.54 Å². The third-order valence-electron chi connectivity index (χ3n) is 5.12. The SMILES string of the molecule is CCC1(CC)CN(Cc2ccccc2Br)C(C(C)C)CN1. The average molecular weight is 353 g/mol. The van der Waals surface area contributed by atoms with Crippen LogP contribution in [0.2, 0.25) is 0 Å². The molecule has 1 N–H and O–H groups in total. The lowest BCUT2D eigenvalue weighted by Gasteiger charge is -2.49. The van der Waals surface area contributed by atoms with E-state index in [1.54, 1.807) is 0 Å². The minimum absolute atomic E-state index is 0.284. The van der Waals surface area contributed by atoms with Crippen LogP contribution in [0.5, 0.6) is 0 Å². The highest BCUT2D eigenvalue weighted by atomic mass is 79.9. The Hall–Kier alpha value is -0.380. The summed E-state index contributed by atoms with van der Waals surface area (Å²) in [5, 5.41) is 3.84. The molecular formula is C18H29BrN2. The minimum Gasteiger partial charge on any atom is -0.308 e. The Kier molecular flexibility index (Phi) is 5.87. The average Bonchev–Trinajstić information content (AvgIpc) is 2.49. The molecule has 1 aromatic carbocycles. The van der Waals surface area contributed by atoms with Crippen molar-refractivity contribution in [3.8, 4) is 0 Å². The van der Waals surface area contributed by atoms with Crippen LogP contribution in [0, 0.1) is 5.92 Å². The molecule has 0 bridgehead atoms. The Morgan fingerprint density at radius 2 is 1.95 bits per heavy atom. The monoisotopic (exact) mass is 352 g/mol. The molecule has 0 spiro atoms. The second-order valence-corrected chi connectivity index (χ2v) is 7.53. The molecule has 1 heterocycles. The van der Waals surface area contributed by atoms with Gasteiger partial charge in [-0.25, -0.2) is 0 Å². The fourth-order valence-corrected chi connectivity index (χ4v) is 3.82. The third kappa shape index (κ3) is 3.88. The Labute approximate surface area is 138 Å². The molecule has 0 saturated carbocycles. The summed E-state index contributed by atoms with van der Waals surface area (Å²) < 4.78 is 1.23. The van der Waals surface area contributed by atoms with Crippen LogP contribution in [-0.4, -0.2) is 29.6 Å². The van der Waals surface area contributed by atoms with E-state index in [0.29, 0.717) is 12.0 Å². The lowest BCUT2D eigenvalue weighted by Crippen LogP contribution is -2.64. The molecule has 2 nitrogen and oxygen atoms in total. The Bertz CT molecular complexity index is 454. The predicted octanol–water partition coefficient (Wildman–Crippen LogP) is 4.44. The summed E-state index contributed by atoms with van der Waals surface area (Å²) in [5.74, 6) is 0.673. The van der Waals surface area contributed by atoms with Crippen molar-refractivity contribution in [3.05, 3.63) is 34.3 Å². The fourth-order valence-electron chi connectivity index (χ4n) is 3.41. The van der Waals surface area contributed by atoms with Crippen LogP contribution in [0.25, 0.3) is 0 Å². The standard InChI is InChI=1S/C18H29BrN2/c1-5-18(6-2)13-21(17(11-20-18)14(3)4)12-15-9-7-8-10-16(15)19/h7-10,14,17,20H,5-6,11-13H2,1-4H3. The van der Waals surface area contributed by atoms with Gasteiger partial charge < -0.3 is 5.32 Å². The quantitative estimate of drug-likeness (QED) is 0.842. The van der Waals surface area contributed by atoms with Crippen LogP contribution in [0.4, 0.5) is 0 Å². The number of hydrogen-bond donors (Lipinski definition) is 1. The molecule has 1 aromatic rings. The molecule has 21 heavy (non-hydrogen) atoms. The first-order chi connectivity index (χ1) is 10.0. The first-order valence-electron chi connectivity index (χ1n) is 8.24. The van der Waals surface area contributed by atoms with Crippen LogP contribution < -0.4 is 5.32 Å². The molecule has 1 aliphatic heterocycles. The number of rotatable bonds is 5. The van der Waals surface area contributed by atoms with Gasteiger partial charge in [-0.2, -0.15) is 0 Å². The van der Waals surface area contributed by atoms with E-state index in [2.05, 4.69) is 78.1 Å². The van der Waals surface area contributed by atoms with Crippen molar-refractivity contribution in [1.29, 1.82) is 0 Å². The highest BCUT2D eigenvalue weighted by Gasteiger charge is 2.37. The molecule has 1 atom stereocenters. The van der Waals surface area contributed by atoms with Crippen molar-refractivity contribution >= 4 is 15.9 Å². The second-order valence-electron chi connectivity index (χ2n) is 6.68. The van der Waals surface area contributed by atoms with E-state index in [0.717, 1.165) is 19.6 Å². The summed E-state index contributed by atoms with van der Waals surface area (Å²) >= 11 is 3.70. The molecular weight excluding hydrogens is 324 g/mol. The van der Waals surface area contributed by atoms with Gasteiger partial charge in [0.05, 0.1) is 0 Å². The van der Waals surface area contributed by atoms with Crippen LogP contribution in [0.15, 0.2) is 28.7 Å². The van der Waals surface area contributed by atoms with Crippen LogP contribution >= 0.6 is 15.9 Å². The van der Waals surface area contributed by atoms with Crippen LogP contribution in [-0.2, 0) is 6.54 Å². The van der Waals surface area contributed by atoms with E-state index in [1.807, 2.05) is 0 Å². The third-order valence-corrected chi connectivity index (χ3v) is 5.89. The van der Waals surface area contributed by atoms with Crippen molar-refractivity contribution < 1.29 is 0 Å². The van der Waals surface area contributed by atoms with E-state index in [1.165, 1.54) is 22.9 Å². The summed E-state index contributed by atoms with van der Waals surface area (Å²) in [6, 6.07) is 9.23. The zero-order valence-electron chi connectivity index (χ0n) is 13.8. The van der Waals surface area contributed by atoms with Crippen LogP contribution in [0.1, 0.15) is 46.1 Å². The summed E-state index contributed by atoms with van der Waals surface area (Å²) in [6.45, 7) is 12.6. The van der Waals surface area contributed by atoms with Gasteiger partial charge in [0.2, 0.25) is 0 Å². The van der Waals surface area contributed by atoms with Gasteiger partial charge in [-0.1, -0.05) is 61.8 Å². The van der Waals surface area contributed by atoms with Crippen molar-refractivity contribution in [2.24, 2.45) is 5.92 Å². The highest BCUT2D eigenvalue weighted by molar-refractivity contribution is 9.10. The molecule has 118 valence electrons. The Balaban J connectivity index is 2.20. The lowest BCUT2D eigenvalue weighted by molar-refractivity contribution is 0.0442. The Morgan fingerprint density at radius 3 is 2.52 bits per heavy atom. The number of halogens is 1. The van der Waals surface area contributed by atoms with Gasteiger partial charge in [-0.15, -0.1) is 0 Å². The fraction of sp³-hybridized carbons (Fsp3) is 0.667. The van der Waals surface area contributed by atoms with Gasteiger partial charge in [0.1, 0.15) is 0 Å². The van der Waals surface area contributed by atoms with Gasteiger partial charge in [-0.05, 0) is 30.4 Å². The smallest absolute Gasteiger partial charge is 0.0304 e.